The van der Waals surface area contributed by atoms with Crippen molar-refractivity contribution in [1.82, 2.24) is 10.2 Å². The minimum Gasteiger partial charge on any atom is -0.309 e. The van der Waals surface area contributed by atoms with Gasteiger partial charge in [-0.25, -0.2) is 0 Å². The van der Waals surface area contributed by atoms with Crippen LogP contribution in [-0.4, -0.2) is 36.6 Å². The second-order valence-corrected chi connectivity index (χ2v) is 5.52. The average Bonchev–Trinajstić information content (AvgIpc) is 2.23. The van der Waals surface area contributed by atoms with E-state index in [0.717, 1.165) is 19.5 Å². The Hall–Kier alpha value is -0.860. The molecule has 0 saturated carbocycles. The molecule has 1 fully saturated rings. The number of piperazine rings is 1. The zero-order valence-corrected chi connectivity index (χ0v) is 10.5. The highest BCUT2D eigenvalue weighted by Gasteiger charge is 2.29. The Labute approximate surface area is 98.7 Å². The summed E-state index contributed by atoms with van der Waals surface area (Å²) in [6.07, 6.45) is 1.14. The lowest BCUT2D eigenvalue weighted by atomic mass is 9.96. The maximum Gasteiger partial charge on any atom is 0.0258 e. The summed E-state index contributed by atoms with van der Waals surface area (Å²) >= 11 is 0. The first kappa shape index (κ1) is 11.6. The molecule has 16 heavy (non-hydrogen) atoms. The second kappa shape index (κ2) is 4.56. The predicted octanol–water partition coefficient (Wildman–Crippen LogP) is 1.91. The molecule has 1 aromatic rings. The first-order valence-corrected chi connectivity index (χ1v) is 6.06. The topological polar surface area (TPSA) is 15.3 Å². The van der Waals surface area contributed by atoms with Gasteiger partial charge in [0.2, 0.25) is 0 Å². The van der Waals surface area contributed by atoms with E-state index in [2.05, 4.69) is 61.4 Å². The molecule has 2 nitrogen and oxygen atoms in total. The SMILES string of the molecule is CN1CC(C)(C)NC[C@@H]1Cc1ccccc1. The first-order chi connectivity index (χ1) is 7.57. The van der Waals surface area contributed by atoms with Gasteiger partial charge >= 0.3 is 0 Å². The third-order valence-corrected chi connectivity index (χ3v) is 3.40. The van der Waals surface area contributed by atoms with Gasteiger partial charge in [-0.1, -0.05) is 30.3 Å². The standard InChI is InChI=1S/C14H22N2/c1-14(2)11-16(3)13(10-15-14)9-12-7-5-4-6-8-12/h4-8,13,15H,9-11H2,1-3H3/t13-/m0/s1. The van der Waals surface area contributed by atoms with Crippen LogP contribution in [0, 0.1) is 0 Å². The van der Waals surface area contributed by atoms with Crippen molar-refractivity contribution in [3.05, 3.63) is 35.9 Å². The van der Waals surface area contributed by atoms with Gasteiger partial charge in [0.25, 0.3) is 0 Å². The quantitative estimate of drug-likeness (QED) is 0.816. The van der Waals surface area contributed by atoms with Crippen LogP contribution in [-0.2, 0) is 6.42 Å². The summed E-state index contributed by atoms with van der Waals surface area (Å²) in [5.74, 6) is 0. The summed E-state index contributed by atoms with van der Waals surface area (Å²) in [6, 6.07) is 11.4. The van der Waals surface area contributed by atoms with E-state index in [-0.39, 0.29) is 5.54 Å². The van der Waals surface area contributed by atoms with Crippen molar-refractivity contribution < 1.29 is 0 Å². The number of nitrogens with one attached hydrogen (secondary N) is 1. The van der Waals surface area contributed by atoms with Crippen molar-refractivity contribution >= 4 is 0 Å². The normalized spacial score (nSPS) is 25.6. The Kier molecular flexibility index (Phi) is 3.31. The van der Waals surface area contributed by atoms with E-state index in [1.807, 2.05) is 0 Å². The van der Waals surface area contributed by atoms with Gasteiger partial charge in [-0.05, 0) is 32.9 Å². The van der Waals surface area contributed by atoms with E-state index in [4.69, 9.17) is 0 Å². The molecule has 1 heterocycles. The number of nitrogens with zero attached hydrogens (tertiary/aromatic N) is 1. The van der Waals surface area contributed by atoms with Gasteiger partial charge in [0.15, 0.2) is 0 Å². The maximum atomic E-state index is 3.62. The molecule has 0 amide bonds. The molecule has 1 aromatic carbocycles. The molecule has 2 heteroatoms. The van der Waals surface area contributed by atoms with Crippen molar-refractivity contribution in [2.45, 2.75) is 31.8 Å². The third-order valence-electron chi connectivity index (χ3n) is 3.40. The number of rotatable bonds is 2. The number of likely N-dealkylation sites (N-methyl/N-ethyl adjacent to an activating group) is 1. The maximum absolute atomic E-state index is 3.62. The zero-order valence-electron chi connectivity index (χ0n) is 10.5. The lowest BCUT2D eigenvalue weighted by Gasteiger charge is -2.43. The lowest BCUT2D eigenvalue weighted by Crippen LogP contribution is -2.60. The van der Waals surface area contributed by atoms with E-state index in [1.54, 1.807) is 0 Å². The van der Waals surface area contributed by atoms with Crippen LogP contribution in [0.15, 0.2) is 30.3 Å². The van der Waals surface area contributed by atoms with Gasteiger partial charge in [0.1, 0.15) is 0 Å². The van der Waals surface area contributed by atoms with Crippen molar-refractivity contribution in [3.63, 3.8) is 0 Å². The summed E-state index contributed by atoms with van der Waals surface area (Å²) in [6.45, 7) is 6.73. The summed E-state index contributed by atoms with van der Waals surface area (Å²) in [5.41, 5.74) is 1.68. The Morgan fingerprint density at radius 3 is 2.62 bits per heavy atom. The van der Waals surface area contributed by atoms with Gasteiger partial charge in [0, 0.05) is 24.7 Å². The minimum absolute atomic E-state index is 0.252. The highest BCUT2D eigenvalue weighted by atomic mass is 15.2. The van der Waals surface area contributed by atoms with Crippen LogP contribution in [0.5, 0.6) is 0 Å². The Bertz CT molecular complexity index is 332. The lowest BCUT2D eigenvalue weighted by molar-refractivity contribution is 0.122. The molecule has 1 atom stereocenters. The third kappa shape index (κ3) is 2.83. The molecular formula is C14H22N2. The van der Waals surface area contributed by atoms with Crippen molar-refractivity contribution in [2.75, 3.05) is 20.1 Å². The van der Waals surface area contributed by atoms with E-state index < -0.39 is 0 Å². The molecule has 88 valence electrons. The summed E-state index contributed by atoms with van der Waals surface area (Å²) < 4.78 is 0. The van der Waals surface area contributed by atoms with Crippen molar-refractivity contribution in [2.24, 2.45) is 0 Å². The van der Waals surface area contributed by atoms with Crippen LogP contribution in [0.1, 0.15) is 19.4 Å². The zero-order chi connectivity index (χ0) is 11.6. The highest BCUT2D eigenvalue weighted by molar-refractivity contribution is 5.16. The second-order valence-electron chi connectivity index (χ2n) is 5.52. The van der Waals surface area contributed by atoms with E-state index in [9.17, 15) is 0 Å². The average molecular weight is 218 g/mol. The van der Waals surface area contributed by atoms with Crippen LogP contribution in [0.4, 0.5) is 0 Å². The monoisotopic (exact) mass is 218 g/mol. The Morgan fingerprint density at radius 2 is 2.00 bits per heavy atom. The molecule has 1 N–H and O–H groups in total. The van der Waals surface area contributed by atoms with Gasteiger partial charge in [-0.15, -0.1) is 0 Å². The first-order valence-electron chi connectivity index (χ1n) is 6.06. The van der Waals surface area contributed by atoms with E-state index in [0.29, 0.717) is 6.04 Å². The number of hydrogen-bond acceptors (Lipinski definition) is 2. The number of benzene rings is 1. The minimum atomic E-state index is 0.252. The van der Waals surface area contributed by atoms with Crippen LogP contribution in [0.2, 0.25) is 0 Å². The van der Waals surface area contributed by atoms with Crippen LogP contribution in [0.25, 0.3) is 0 Å². The molecule has 0 aromatic heterocycles. The largest absolute Gasteiger partial charge is 0.309 e. The van der Waals surface area contributed by atoms with E-state index >= 15 is 0 Å². The van der Waals surface area contributed by atoms with Gasteiger partial charge in [-0.3, -0.25) is 0 Å². The summed E-state index contributed by atoms with van der Waals surface area (Å²) in [5, 5.41) is 3.62. The predicted molar refractivity (Wildman–Crippen MR) is 68.6 cm³/mol. The summed E-state index contributed by atoms with van der Waals surface area (Å²) in [7, 11) is 2.23. The molecule has 2 rings (SSSR count). The summed E-state index contributed by atoms with van der Waals surface area (Å²) in [4.78, 5) is 2.48. The van der Waals surface area contributed by atoms with E-state index in [1.165, 1.54) is 5.56 Å². The number of hydrogen-bond donors (Lipinski definition) is 1. The molecule has 0 radical (unpaired) electrons. The van der Waals surface area contributed by atoms with Gasteiger partial charge < -0.3 is 10.2 Å². The molecule has 0 aliphatic carbocycles. The molecule has 0 unspecified atom stereocenters. The van der Waals surface area contributed by atoms with Crippen LogP contribution >= 0.6 is 0 Å². The molecule has 1 aliphatic heterocycles. The van der Waals surface area contributed by atoms with Gasteiger partial charge in [-0.2, -0.15) is 0 Å². The van der Waals surface area contributed by atoms with Gasteiger partial charge in [0.05, 0.1) is 0 Å². The fourth-order valence-electron chi connectivity index (χ4n) is 2.47. The Morgan fingerprint density at radius 1 is 1.31 bits per heavy atom. The fourth-order valence-corrected chi connectivity index (χ4v) is 2.47. The van der Waals surface area contributed by atoms with Crippen molar-refractivity contribution in [1.29, 1.82) is 0 Å². The molecular weight excluding hydrogens is 196 g/mol. The van der Waals surface area contributed by atoms with Crippen molar-refractivity contribution in [3.8, 4) is 0 Å². The molecule has 0 bridgehead atoms. The fraction of sp³-hybridized carbons (Fsp3) is 0.571. The Balaban J connectivity index is 1.97. The molecule has 1 saturated heterocycles. The highest BCUT2D eigenvalue weighted by Crippen LogP contribution is 2.16. The molecule has 0 spiro atoms. The van der Waals surface area contributed by atoms with Crippen LogP contribution < -0.4 is 5.32 Å². The smallest absolute Gasteiger partial charge is 0.0258 e. The van der Waals surface area contributed by atoms with Crippen LogP contribution in [0.3, 0.4) is 0 Å². The molecule has 1 aliphatic rings.